The minimum absolute atomic E-state index is 0.0256. The van der Waals surface area contributed by atoms with Crippen molar-refractivity contribution in [2.75, 3.05) is 47.5 Å². The molecule has 0 heterocycles. The number of unbranched alkanes of at least 4 members (excludes halogenated alkanes) is 25. The fourth-order valence-electron chi connectivity index (χ4n) is 7.90. The van der Waals surface area contributed by atoms with E-state index in [2.05, 4.69) is 98.9 Å². The third kappa shape index (κ3) is 56.5. The van der Waals surface area contributed by atoms with Gasteiger partial charge in [-0.05, 0) is 89.9 Å². The van der Waals surface area contributed by atoms with Crippen molar-refractivity contribution in [3.63, 3.8) is 0 Å². The molecule has 0 aromatic heterocycles. The number of ether oxygens (including phenoxy) is 2. The molecule has 0 aromatic carbocycles. The summed E-state index contributed by atoms with van der Waals surface area (Å²) in [6.45, 7) is 4.31. The number of likely N-dealkylation sites (N-methyl/N-ethyl adjacent to an activating group) is 1. The lowest BCUT2D eigenvalue weighted by Gasteiger charge is -2.24. The number of hydrogen-bond donors (Lipinski definition) is 1. The zero-order valence-corrected chi connectivity index (χ0v) is 48.0. The highest BCUT2D eigenvalue weighted by molar-refractivity contribution is 7.47. The molecule has 2 atom stereocenters. The standard InChI is InChI=1S/C62H110NO8P/c1-6-8-10-12-14-16-18-20-22-24-26-28-30-31-33-34-36-38-40-42-44-46-48-50-52-54-61(64)68-58-60(59-70-72(66,67)69-57-56-63(3,4)5)71-62(65)55-53-51-49-47-45-43-41-39-37-35-32-29-27-25-23-21-19-17-15-13-11-9-7-2/h9,11,15,17-18,20-21,23-24,26-27,29,35,37,60H,6-8,10,12-14,16,19,22,25,28,30-34,36,38-59H2,1-5H3/p+1/b11-9-,17-15-,20-18-,23-21-,26-24-,29-27-,37-35-. The summed E-state index contributed by atoms with van der Waals surface area (Å²) in [5.41, 5.74) is 0. The van der Waals surface area contributed by atoms with Gasteiger partial charge in [-0.25, -0.2) is 4.57 Å². The molecule has 416 valence electrons. The zero-order valence-electron chi connectivity index (χ0n) is 47.1. The fourth-order valence-corrected chi connectivity index (χ4v) is 8.64. The molecule has 0 saturated heterocycles. The van der Waals surface area contributed by atoms with Crippen molar-refractivity contribution in [1.29, 1.82) is 0 Å². The van der Waals surface area contributed by atoms with Crippen LogP contribution < -0.4 is 0 Å². The quantitative estimate of drug-likeness (QED) is 0.0211. The van der Waals surface area contributed by atoms with E-state index >= 15 is 0 Å². The Morgan fingerprint density at radius 1 is 0.444 bits per heavy atom. The maximum absolute atomic E-state index is 12.8. The lowest BCUT2D eigenvalue weighted by Crippen LogP contribution is -2.37. The molecule has 9 nitrogen and oxygen atoms in total. The number of carbonyl (C=O) groups excluding carboxylic acids is 2. The molecule has 0 aliphatic heterocycles. The van der Waals surface area contributed by atoms with Gasteiger partial charge in [0.25, 0.3) is 0 Å². The van der Waals surface area contributed by atoms with E-state index in [1.807, 2.05) is 21.1 Å². The first kappa shape index (κ1) is 69.2. The van der Waals surface area contributed by atoms with Gasteiger partial charge in [0, 0.05) is 12.8 Å². The van der Waals surface area contributed by atoms with Crippen molar-refractivity contribution in [2.45, 2.75) is 251 Å². The van der Waals surface area contributed by atoms with E-state index < -0.39 is 26.5 Å². The summed E-state index contributed by atoms with van der Waals surface area (Å²) in [5.74, 6) is -0.810. The van der Waals surface area contributed by atoms with Crippen LogP contribution in [0.4, 0.5) is 0 Å². The summed E-state index contributed by atoms with van der Waals surface area (Å²) in [4.78, 5) is 35.7. The lowest BCUT2D eigenvalue weighted by molar-refractivity contribution is -0.870. The van der Waals surface area contributed by atoms with Gasteiger partial charge in [0.15, 0.2) is 6.10 Å². The molecule has 0 bridgehead atoms. The number of nitrogens with zero attached hydrogens (tertiary/aromatic N) is 1. The lowest BCUT2D eigenvalue weighted by atomic mass is 10.0. The van der Waals surface area contributed by atoms with E-state index in [4.69, 9.17) is 18.5 Å². The summed E-state index contributed by atoms with van der Waals surface area (Å²) in [5, 5.41) is 0. The predicted molar refractivity (Wildman–Crippen MR) is 307 cm³/mol. The summed E-state index contributed by atoms with van der Waals surface area (Å²) >= 11 is 0. The Balaban J connectivity index is 4.19. The molecular weight excluding hydrogens is 918 g/mol. The summed E-state index contributed by atoms with van der Waals surface area (Å²) in [7, 11) is 1.46. The Hall–Kier alpha value is -2.81. The van der Waals surface area contributed by atoms with E-state index in [0.29, 0.717) is 17.4 Å². The predicted octanol–water partition coefficient (Wildman–Crippen LogP) is 18.3. The number of phosphoric acid groups is 1. The molecule has 0 aromatic rings. The van der Waals surface area contributed by atoms with E-state index in [-0.39, 0.29) is 32.0 Å². The third-order valence-corrected chi connectivity index (χ3v) is 13.4. The second kappa shape index (κ2) is 53.0. The van der Waals surface area contributed by atoms with Gasteiger partial charge < -0.3 is 18.9 Å². The Morgan fingerprint density at radius 3 is 1.18 bits per heavy atom. The van der Waals surface area contributed by atoms with Crippen LogP contribution in [-0.2, 0) is 32.7 Å². The number of rotatable bonds is 53. The van der Waals surface area contributed by atoms with E-state index in [0.717, 1.165) is 83.5 Å². The number of quaternary nitrogens is 1. The van der Waals surface area contributed by atoms with E-state index in [9.17, 15) is 19.0 Å². The number of carbonyl (C=O) groups is 2. The SMILES string of the molecule is CC/C=C\C/C=C\C/C=C\C/C=C\C/C=C\CCCCCCCCCC(=O)OC(COC(=O)CCCCCCCCCCCCCCC/C=C\C/C=C\CCCCCCC)COP(=O)(O)OCC[N+](C)(C)C. The third-order valence-electron chi connectivity index (χ3n) is 12.4. The monoisotopic (exact) mass is 1030 g/mol. The summed E-state index contributed by atoms with van der Waals surface area (Å²) in [6.07, 6.45) is 70.7. The molecule has 10 heteroatoms. The van der Waals surface area contributed by atoms with Crippen molar-refractivity contribution in [2.24, 2.45) is 0 Å². The highest BCUT2D eigenvalue weighted by Gasteiger charge is 2.27. The normalized spacial score (nSPS) is 13.9. The molecule has 0 aliphatic rings. The molecule has 0 aliphatic carbocycles. The molecule has 0 rings (SSSR count). The Kier molecular flexibility index (Phi) is 51.0. The van der Waals surface area contributed by atoms with Crippen LogP contribution in [0, 0.1) is 0 Å². The first-order valence-corrected chi connectivity index (χ1v) is 30.8. The number of hydrogen-bond acceptors (Lipinski definition) is 7. The highest BCUT2D eigenvalue weighted by atomic mass is 31.2. The van der Waals surface area contributed by atoms with Crippen LogP contribution in [0.5, 0.6) is 0 Å². The maximum atomic E-state index is 12.8. The average Bonchev–Trinajstić information content (AvgIpc) is 3.34. The van der Waals surface area contributed by atoms with Crippen molar-refractivity contribution < 1.29 is 42.1 Å². The largest absolute Gasteiger partial charge is 0.472 e. The molecule has 0 saturated carbocycles. The van der Waals surface area contributed by atoms with Gasteiger partial charge in [-0.2, -0.15) is 0 Å². The van der Waals surface area contributed by atoms with Crippen molar-refractivity contribution in [3.8, 4) is 0 Å². The van der Waals surface area contributed by atoms with Gasteiger partial charge in [0.05, 0.1) is 27.7 Å². The number of phosphoric ester groups is 1. The first-order valence-electron chi connectivity index (χ1n) is 29.3. The van der Waals surface area contributed by atoms with Gasteiger partial charge in [-0.1, -0.05) is 227 Å². The Labute approximate surface area is 443 Å². The Bertz CT molecular complexity index is 1490. The number of esters is 2. The van der Waals surface area contributed by atoms with Gasteiger partial charge in [-0.15, -0.1) is 0 Å². The van der Waals surface area contributed by atoms with Crippen LogP contribution in [-0.4, -0.2) is 74.9 Å². The van der Waals surface area contributed by atoms with Crippen LogP contribution in [0.3, 0.4) is 0 Å². The van der Waals surface area contributed by atoms with Crippen molar-refractivity contribution >= 4 is 19.8 Å². The summed E-state index contributed by atoms with van der Waals surface area (Å²) in [6, 6.07) is 0. The molecule has 1 N–H and O–H groups in total. The topological polar surface area (TPSA) is 108 Å². The zero-order chi connectivity index (χ0) is 52.7. The van der Waals surface area contributed by atoms with Crippen LogP contribution in [0.1, 0.15) is 245 Å². The summed E-state index contributed by atoms with van der Waals surface area (Å²) < 4.78 is 34.6. The second-order valence-corrected chi connectivity index (χ2v) is 22.1. The van der Waals surface area contributed by atoms with Crippen molar-refractivity contribution in [3.05, 3.63) is 85.1 Å². The molecule has 72 heavy (non-hydrogen) atoms. The molecule has 0 fully saturated rings. The second-order valence-electron chi connectivity index (χ2n) is 20.6. The average molecular weight is 1030 g/mol. The highest BCUT2D eigenvalue weighted by Crippen LogP contribution is 2.43. The van der Waals surface area contributed by atoms with Crippen LogP contribution in [0.2, 0.25) is 0 Å². The van der Waals surface area contributed by atoms with Crippen LogP contribution >= 0.6 is 7.82 Å². The minimum atomic E-state index is -4.39. The van der Waals surface area contributed by atoms with Gasteiger partial charge in [-0.3, -0.25) is 18.6 Å². The van der Waals surface area contributed by atoms with Crippen LogP contribution in [0.15, 0.2) is 85.1 Å². The minimum Gasteiger partial charge on any atom is -0.462 e. The van der Waals surface area contributed by atoms with Gasteiger partial charge in [0.2, 0.25) is 0 Å². The van der Waals surface area contributed by atoms with E-state index in [1.165, 1.54) is 128 Å². The maximum Gasteiger partial charge on any atom is 0.472 e. The molecular formula is C62H111NO8P+. The molecule has 2 unspecified atom stereocenters. The fraction of sp³-hybridized carbons (Fsp3) is 0.742. The van der Waals surface area contributed by atoms with Crippen molar-refractivity contribution in [1.82, 2.24) is 0 Å². The smallest absolute Gasteiger partial charge is 0.462 e. The molecule has 0 radical (unpaired) electrons. The van der Waals surface area contributed by atoms with Gasteiger partial charge >= 0.3 is 19.8 Å². The number of allylic oxidation sites excluding steroid dienone is 14. The molecule has 0 spiro atoms. The van der Waals surface area contributed by atoms with E-state index in [1.54, 1.807) is 0 Å². The van der Waals surface area contributed by atoms with Crippen LogP contribution in [0.25, 0.3) is 0 Å². The van der Waals surface area contributed by atoms with Gasteiger partial charge in [0.1, 0.15) is 19.8 Å². The molecule has 0 amide bonds. The Morgan fingerprint density at radius 2 is 0.792 bits per heavy atom. The first-order chi connectivity index (χ1) is 35.0.